The zero-order chi connectivity index (χ0) is 17.5. The highest BCUT2D eigenvalue weighted by atomic mass is 16.2. The summed E-state index contributed by atoms with van der Waals surface area (Å²) in [7, 11) is 0. The van der Waals surface area contributed by atoms with Crippen LogP contribution in [0.25, 0.3) is 0 Å². The summed E-state index contributed by atoms with van der Waals surface area (Å²) in [5.74, 6) is -0.108. The lowest BCUT2D eigenvalue weighted by Crippen LogP contribution is -2.37. The van der Waals surface area contributed by atoms with E-state index in [1.54, 1.807) is 41.3 Å². The number of aromatic nitrogens is 4. The van der Waals surface area contributed by atoms with E-state index in [9.17, 15) is 9.59 Å². The number of benzene rings is 1. The van der Waals surface area contributed by atoms with Crippen molar-refractivity contribution in [2.75, 3.05) is 5.32 Å². The molecule has 8 heteroatoms. The lowest BCUT2D eigenvalue weighted by atomic mass is 10.1. The van der Waals surface area contributed by atoms with Gasteiger partial charge in [0.05, 0.1) is 6.20 Å². The topological polar surface area (TPSA) is 105 Å². The highest BCUT2D eigenvalue weighted by Crippen LogP contribution is 2.15. The number of nitrogens with one attached hydrogen (secondary N) is 3. The molecule has 8 nitrogen and oxygen atoms in total. The molecule has 0 saturated heterocycles. The Morgan fingerprint density at radius 1 is 1.12 bits per heavy atom. The second kappa shape index (κ2) is 7.91. The first-order chi connectivity index (χ1) is 12.2. The molecule has 0 saturated carbocycles. The van der Waals surface area contributed by atoms with Crippen molar-refractivity contribution in [3.05, 3.63) is 66.6 Å². The van der Waals surface area contributed by atoms with E-state index in [2.05, 4.69) is 25.9 Å². The van der Waals surface area contributed by atoms with Crippen molar-refractivity contribution in [3.8, 4) is 0 Å². The monoisotopic (exact) mass is 338 g/mol. The average Bonchev–Trinajstić information content (AvgIpc) is 3.32. The van der Waals surface area contributed by atoms with Gasteiger partial charge in [-0.1, -0.05) is 30.3 Å². The van der Waals surface area contributed by atoms with Crippen molar-refractivity contribution < 1.29 is 9.59 Å². The molecule has 3 rings (SSSR count). The number of carbonyl (C=O) groups is 2. The molecule has 0 bridgehead atoms. The number of aromatic amines is 1. The highest BCUT2D eigenvalue weighted by molar-refractivity contribution is 5.97. The van der Waals surface area contributed by atoms with Crippen LogP contribution in [0.2, 0.25) is 0 Å². The summed E-state index contributed by atoms with van der Waals surface area (Å²) in [5.41, 5.74) is 0.701. The van der Waals surface area contributed by atoms with Crippen LogP contribution in [0.1, 0.15) is 18.0 Å². The standard InChI is InChI=1S/C17H18N6O2/c24-15(8-12-23-11-4-9-19-23)21-16(13-5-2-1-3-6-13)17(25)20-14-7-10-18-22-14/h1-7,9-11,16H,8,12H2,(H,21,24)(H2,18,20,22,25)/t16-/m1/s1. The zero-order valence-electron chi connectivity index (χ0n) is 13.4. The Bertz CT molecular complexity index is 799. The van der Waals surface area contributed by atoms with Crippen LogP contribution in [0.15, 0.2) is 61.1 Å². The number of rotatable bonds is 7. The third-order valence-electron chi connectivity index (χ3n) is 3.59. The summed E-state index contributed by atoms with van der Waals surface area (Å²) < 4.78 is 1.67. The Hall–Kier alpha value is -3.42. The van der Waals surface area contributed by atoms with Crippen molar-refractivity contribution in [1.82, 2.24) is 25.3 Å². The molecule has 0 unspecified atom stereocenters. The maximum absolute atomic E-state index is 12.6. The average molecular weight is 338 g/mol. The van der Waals surface area contributed by atoms with Gasteiger partial charge < -0.3 is 10.6 Å². The van der Waals surface area contributed by atoms with Gasteiger partial charge in [0, 0.05) is 31.4 Å². The molecule has 0 spiro atoms. The molecule has 0 fully saturated rings. The molecule has 3 N–H and O–H groups in total. The molecular weight excluding hydrogens is 320 g/mol. The van der Waals surface area contributed by atoms with Crippen LogP contribution in [0.3, 0.4) is 0 Å². The fraction of sp³-hybridized carbons (Fsp3) is 0.176. The molecule has 0 aliphatic heterocycles. The van der Waals surface area contributed by atoms with Gasteiger partial charge in [-0.05, 0) is 11.6 Å². The first kappa shape index (κ1) is 16.4. The molecule has 0 aliphatic carbocycles. The number of hydrogen-bond acceptors (Lipinski definition) is 4. The van der Waals surface area contributed by atoms with Crippen molar-refractivity contribution in [1.29, 1.82) is 0 Å². The minimum atomic E-state index is -0.797. The van der Waals surface area contributed by atoms with Crippen LogP contribution in [0.4, 0.5) is 5.82 Å². The van der Waals surface area contributed by atoms with Crippen molar-refractivity contribution in [3.63, 3.8) is 0 Å². The quantitative estimate of drug-likeness (QED) is 0.607. The third-order valence-corrected chi connectivity index (χ3v) is 3.59. The van der Waals surface area contributed by atoms with Crippen LogP contribution < -0.4 is 10.6 Å². The molecular formula is C17H18N6O2. The van der Waals surface area contributed by atoms with Crippen molar-refractivity contribution >= 4 is 17.6 Å². The van der Waals surface area contributed by atoms with E-state index >= 15 is 0 Å². The smallest absolute Gasteiger partial charge is 0.252 e. The van der Waals surface area contributed by atoms with Gasteiger partial charge in [0.15, 0.2) is 0 Å². The van der Waals surface area contributed by atoms with Crippen LogP contribution in [-0.2, 0) is 16.1 Å². The number of hydrogen-bond donors (Lipinski definition) is 3. The van der Waals surface area contributed by atoms with Crippen LogP contribution in [0, 0.1) is 0 Å². The summed E-state index contributed by atoms with van der Waals surface area (Å²) in [6, 6.07) is 11.7. The first-order valence-electron chi connectivity index (χ1n) is 7.84. The Labute approximate surface area is 144 Å². The molecule has 128 valence electrons. The number of carbonyl (C=O) groups excluding carboxylic acids is 2. The van der Waals surface area contributed by atoms with E-state index in [4.69, 9.17) is 0 Å². The summed E-state index contributed by atoms with van der Waals surface area (Å²) in [6.45, 7) is 0.447. The SMILES string of the molecule is O=C(CCn1cccn1)N[C@@H](C(=O)Nc1ccn[nH]1)c1ccccc1. The van der Waals surface area contributed by atoms with Gasteiger partial charge in [0.25, 0.3) is 5.91 Å². The minimum absolute atomic E-state index is 0.225. The largest absolute Gasteiger partial charge is 0.340 e. The highest BCUT2D eigenvalue weighted by Gasteiger charge is 2.23. The van der Waals surface area contributed by atoms with E-state index in [0.717, 1.165) is 0 Å². The number of aryl methyl sites for hydroxylation is 1. The second-order valence-corrected chi connectivity index (χ2v) is 5.39. The van der Waals surface area contributed by atoms with E-state index < -0.39 is 6.04 Å². The van der Waals surface area contributed by atoms with Crippen molar-refractivity contribution in [2.45, 2.75) is 19.0 Å². The summed E-state index contributed by atoms with van der Waals surface area (Å²) in [4.78, 5) is 24.9. The van der Waals surface area contributed by atoms with Gasteiger partial charge in [-0.3, -0.25) is 19.4 Å². The van der Waals surface area contributed by atoms with Gasteiger partial charge in [-0.2, -0.15) is 10.2 Å². The fourth-order valence-electron chi connectivity index (χ4n) is 2.36. The van der Waals surface area contributed by atoms with Crippen LogP contribution >= 0.6 is 0 Å². The van der Waals surface area contributed by atoms with E-state index in [1.807, 2.05) is 18.2 Å². The normalized spacial score (nSPS) is 11.7. The fourth-order valence-corrected chi connectivity index (χ4v) is 2.36. The maximum atomic E-state index is 12.6. The van der Waals surface area contributed by atoms with Gasteiger partial charge in [-0.15, -0.1) is 0 Å². The molecule has 2 heterocycles. The molecule has 25 heavy (non-hydrogen) atoms. The van der Waals surface area contributed by atoms with Gasteiger partial charge in [-0.25, -0.2) is 0 Å². The third kappa shape index (κ3) is 4.54. The lowest BCUT2D eigenvalue weighted by molar-refractivity contribution is -0.126. The van der Waals surface area contributed by atoms with Crippen molar-refractivity contribution in [2.24, 2.45) is 0 Å². The van der Waals surface area contributed by atoms with E-state index in [0.29, 0.717) is 17.9 Å². The maximum Gasteiger partial charge on any atom is 0.252 e. The van der Waals surface area contributed by atoms with E-state index in [1.165, 1.54) is 6.20 Å². The Kier molecular flexibility index (Phi) is 5.20. The predicted molar refractivity (Wildman–Crippen MR) is 91.4 cm³/mol. The second-order valence-electron chi connectivity index (χ2n) is 5.39. The molecule has 2 aromatic heterocycles. The Morgan fingerprint density at radius 3 is 2.64 bits per heavy atom. The molecule has 0 radical (unpaired) electrons. The number of nitrogens with zero attached hydrogens (tertiary/aromatic N) is 3. The Balaban J connectivity index is 1.67. The molecule has 3 aromatic rings. The predicted octanol–water partition coefficient (Wildman–Crippen LogP) is 1.49. The molecule has 2 amide bonds. The van der Waals surface area contributed by atoms with Gasteiger partial charge in [0.1, 0.15) is 11.9 Å². The molecule has 0 aliphatic rings. The van der Waals surface area contributed by atoms with Gasteiger partial charge >= 0.3 is 0 Å². The number of amides is 2. The van der Waals surface area contributed by atoms with E-state index in [-0.39, 0.29) is 18.2 Å². The number of anilines is 1. The summed E-state index contributed by atoms with van der Waals surface area (Å²) in [5, 5.41) is 16.0. The zero-order valence-corrected chi connectivity index (χ0v) is 13.4. The van der Waals surface area contributed by atoms with Crippen LogP contribution in [-0.4, -0.2) is 31.8 Å². The summed E-state index contributed by atoms with van der Waals surface area (Å²) >= 11 is 0. The lowest BCUT2D eigenvalue weighted by Gasteiger charge is -2.18. The summed E-state index contributed by atoms with van der Waals surface area (Å²) in [6.07, 6.45) is 5.20. The van der Waals surface area contributed by atoms with Gasteiger partial charge in [0.2, 0.25) is 5.91 Å². The minimum Gasteiger partial charge on any atom is -0.340 e. The van der Waals surface area contributed by atoms with Crippen LogP contribution in [0.5, 0.6) is 0 Å². The molecule has 1 aromatic carbocycles. The number of H-pyrrole nitrogens is 1. The first-order valence-corrected chi connectivity index (χ1v) is 7.84. The Morgan fingerprint density at radius 2 is 1.96 bits per heavy atom. The molecule has 1 atom stereocenters.